The van der Waals surface area contributed by atoms with Gasteiger partial charge < -0.3 is 19.3 Å². The number of anilines is 1. The summed E-state index contributed by atoms with van der Waals surface area (Å²) in [5.41, 5.74) is 0. The van der Waals surface area contributed by atoms with Crippen LogP contribution in [-0.4, -0.2) is 47.7 Å². The lowest BCUT2D eigenvalue weighted by Crippen LogP contribution is -2.36. The lowest BCUT2D eigenvalue weighted by atomic mass is 10.1. The summed E-state index contributed by atoms with van der Waals surface area (Å²) < 4.78 is 10.5. The Hall–Kier alpha value is -1.14. The zero-order valence-corrected chi connectivity index (χ0v) is 9.71. The van der Waals surface area contributed by atoms with Crippen molar-refractivity contribution in [3.63, 3.8) is 0 Å². The molecule has 3 rings (SSSR count). The normalized spacial score (nSPS) is 29.8. The number of hydrogen-bond donors (Lipinski definition) is 1. The smallest absolute Gasteiger partial charge is 0.266 e. The van der Waals surface area contributed by atoms with E-state index in [0.717, 1.165) is 32.4 Å². The quantitative estimate of drug-likeness (QED) is 0.812. The minimum absolute atomic E-state index is 0.0253. The van der Waals surface area contributed by atoms with Gasteiger partial charge in [0, 0.05) is 13.1 Å². The summed E-state index contributed by atoms with van der Waals surface area (Å²) in [5, 5.41) is 13.8. The van der Waals surface area contributed by atoms with Crippen molar-refractivity contribution in [1.29, 1.82) is 0 Å². The van der Waals surface area contributed by atoms with Gasteiger partial charge in [-0.1, -0.05) is 0 Å². The van der Waals surface area contributed by atoms with Crippen molar-refractivity contribution in [3.8, 4) is 0 Å². The Morgan fingerprint density at radius 3 is 2.76 bits per heavy atom. The number of aromatic nitrogens is 2. The van der Waals surface area contributed by atoms with E-state index in [9.17, 15) is 5.11 Å². The van der Waals surface area contributed by atoms with Crippen molar-refractivity contribution in [3.05, 3.63) is 5.89 Å². The first-order chi connectivity index (χ1) is 8.34. The predicted molar refractivity (Wildman–Crippen MR) is 59.9 cm³/mol. The Morgan fingerprint density at radius 1 is 1.24 bits per heavy atom. The van der Waals surface area contributed by atoms with Crippen molar-refractivity contribution in [1.82, 2.24) is 10.1 Å². The van der Waals surface area contributed by atoms with E-state index in [1.165, 1.54) is 0 Å². The summed E-state index contributed by atoms with van der Waals surface area (Å²) >= 11 is 0. The third-order valence-electron chi connectivity index (χ3n) is 3.52. The van der Waals surface area contributed by atoms with Crippen molar-refractivity contribution in [2.75, 3.05) is 31.2 Å². The number of rotatable bonds is 2. The molecule has 94 valence electrons. The fourth-order valence-corrected chi connectivity index (χ4v) is 2.50. The van der Waals surface area contributed by atoms with E-state index < -0.39 is 0 Å². The largest absolute Gasteiger partial charge is 0.392 e. The van der Waals surface area contributed by atoms with E-state index in [0.29, 0.717) is 25.1 Å². The summed E-state index contributed by atoms with van der Waals surface area (Å²) in [5.74, 6) is 1.23. The Balaban J connectivity index is 1.73. The van der Waals surface area contributed by atoms with Gasteiger partial charge in [0.1, 0.15) is 0 Å². The van der Waals surface area contributed by atoms with Crippen molar-refractivity contribution in [2.24, 2.45) is 0 Å². The highest BCUT2D eigenvalue weighted by Crippen LogP contribution is 2.34. The fourth-order valence-electron chi connectivity index (χ4n) is 2.50. The average molecular weight is 239 g/mol. The second kappa shape index (κ2) is 4.62. The Kier molecular flexibility index (Phi) is 2.98. The van der Waals surface area contributed by atoms with Gasteiger partial charge in [-0.3, -0.25) is 0 Å². The third-order valence-corrected chi connectivity index (χ3v) is 3.52. The second-order valence-electron chi connectivity index (χ2n) is 4.64. The van der Waals surface area contributed by atoms with Crippen LogP contribution in [0.2, 0.25) is 0 Å². The maximum atomic E-state index is 9.80. The molecule has 2 atom stereocenters. The molecule has 2 unspecified atom stereocenters. The molecule has 17 heavy (non-hydrogen) atoms. The minimum atomic E-state index is -0.326. The van der Waals surface area contributed by atoms with E-state index >= 15 is 0 Å². The van der Waals surface area contributed by atoms with Crippen molar-refractivity contribution >= 4 is 5.95 Å². The van der Waals surface area contributed by atoms with E-state index in [1.807, 2.05) is 0 Å². The number of aliphatic hydroxyl groups excluding tert-OH is 1. The molecule has 2 aliphatic rings. The lowest BCUT2D eigenvalue weighted by Gasteiger charge is -2.24. The van der Waals surface area contributed by atoms with Gasteiger partial charge in [0.15, 0.2) is 0 Å². The highest BCUT2D eigenvalue weighted by Gasteiger charge is 2.32. The van der Waals surface area contributed by atoms with E-state index in [2.05, 4.69) is 15.0 Å². The van der Waals surface area contributed by atoms with Gasteiger partial charge in [0.05, 0.1) is 25.2 Å². The van der Waals surface area contributed by atoms with Crippen LogP contribution in [0.3, 0.4) is 0 Å². The lowest BCUT2D eigenvalue weighted by molar-refractivity contribution is 0.121. The molecule has 0 amide bonds. The first-order valence-corrected chi connectivity index (χ1v) is 6.19. The van der Waals surface area contributed by atoms with Crippen LogP contribution < -0.4 is 4.90 Å². The maximum Gasteiger partial charge on any atom is 0.266 e. The van der Waals surface area contributed by atoms with Gasteiger partial charge in [-0.2, -0.15) is 4.98 Å². The molecule has 2 heterocycles. The number of morpholine rings is 1. The molecular formula is C11H17N3O3. The van der Waals surface area contributed by atoms with Gasteiger partial charge in [-0.05, 0) is 24.4 Å². The van der Waals surface area contributed by atoms with Gasteiger partial charge in [-0.15, -0.1) is 0 Å². The van der Waals surface area contributed by atoms with Crippen LogP contribution >= 0.6 is 0 Å². The Bertz CT molecular complexity index is 376. The molecule has 6 nitrogen and oxygen atoms in total. The Labute approximate surface area is 99.6 Å². The maximum absolute atomic E-state index is 9.80. The predicted octanol–water partition coefficient (Wildman–Crippen LogP) is 0.535. The van der Waals surface area contributed by atoms with E-state index in [-0.39, 0.29) is 12.0 Å². The summed E-state index contributed by atoms with van der Waals surface area (Å²) in [6.07, 6.45) is 2.47. The Morgan fingerprint density at radius 2 is 2.06 bits per heavy atom. The number of ether oxygens (including phenoxy) is 1. The molecular weight excluding hydrogens is 222 g/mol. The molecule has 1 saturated heterocycles. The molecule has 1 aromatic rings. The fraction of sp³-hybridized carbons (Fsp3) is 0.818. The molecule has 1 aliphatic heterocycles. The molecule has 1 N–H and O–H groups in total. The molecule has 0 spiro atoms. The average Bonchev–Trinajstić information content (AvgIpc) is 2.98. The molecule has 0 aromatic carbocycles. The molecule has 0 bridgehead atoms. The molecule has 0 radical (unpaired) electrons. The van der Waals surface area contributed by atoms with Crippen LogP contribution in [0, 0.1) is 0 Å². The molecule has 1 aromatic heterocycles. The van der Waals surface area contributed by atoms with Gasteiger partial charge in [0.25, 0.3) is 5.95 Å². The van der Waals surface area contributed by atoms with Crippen LogP contribution in [0.1, 0.15) is 31.1 Å². The summed E-state index contributed by atoms with van der Waals surface area (Å²) in [7, 11) is 0. The third kappa shape index (κ3) is 2.14. The second-order valence-corrected chi connectivity index (χ2v) is 4.64. The zero-order valence-electron chi connectivity index (χ0n) is 9.71. The highest BCUT2D eigenvalue weighted by molar-refractivity contribution is 5.28. The van der Waals surface area contributed by atoms with Crippen LogP contribution in [-0.2, 0) is 4.74 Å². The standard InChI is InChI=1S/C11H17N3O3/c15-9-3-1-2-8(9)10-12-11(13-17-10)14-4-6-16-7-5-14/h8-9,15H,1-7H2. The van der Waals surface area contributed by atoms with Gasteiger partial charge in [0.2, 0.25) is 5.89 Å². The number of aliphatic hydroxyl groups is 1. The van der Waals surface area contributed by atoms with Crippen LogP contribution in [0.25, 0.3) is 0 Å². The summed E-state index contributed by atoms with van der Waals surface area (Å²) in [6.45, 7) is 3.00. The number of nitrogens with zero attached hydrogens (tertiary/aromatic N) is 3. The highest BCUT2D eigenvalue weighted by atomic mass is 16.5. The first-order valence-electron chi connectivity index (χ1n) is 6.19. The first kappa shape index (κ1) is 11.0. The monoisotopic (exact) mass is 239 g/mol. The van der Waals surface area contributed by atoms with Crippen LogP contribution in [0.5, 0.6) is 0 Å². The van der Waals surface area contributed by atoms with Crippen LogP contribution in [0.4, 0.5) is 5.95 Å². The number of hydrogen-bond acceptors (Lipinski definition) is 6. The molecule has 2 fully saturated rings. The van der Waals surface area contributed by atoms with Crippen molar-refractivity contribution in [2.45, 2.75) is 31.3 Å². The zero-order chi connectivity index (χ0) is 11.7. The van der Waals surface area contributed by atoms with E-state index in [4.69, 9.17) is 9.26 Å². The molecule has 1 saturated carbocycles. The summed E-state index contributed by atoms with van der Waals surface area (Å²) in [6, 6.07) is 0. The van der Waals surface area contributed by atoms with Crippen molar-refractivity contribution < 1.29 is 14.4 Å². The van der Waals surface area contributed by atoms with Crippen LogP contribution in [0.15, 0.2) is 4.52 Å². The molecule has 1 aliphatic carbocycles. The van der Waals surface area contributed by atoms with Gasteiger partial charge >= 0.3 is 0 Å². The molecule has 6 heteroatoms. The van der Waals surface area contributed by atoms with E-state index in [1.54, 1.807) is 0 Å². The topological polar surface area (TPSA) is 71.6 Å². The summed E-state index contributed by atoms with van der Waals surface area (Å²) in [4.78, 5) is 6.45. The van der Waals surface area contributed by atoms with Gasteiger partial charge in [-0.25, -0.2) is 0 Å². The SMILES string of the molecule is OC1CCCC1c1nc(N2CCOCC2)no1. The minimum Gasteiger partial charge on any atom is -0.392 e.